The Labute approximate surface area is 108 Å². The lowest BCUT2D eigenvalue weighted by Gasteiger charge is -2.19. The van der Waals surface area contributed by atoms with Crippen molar-refractivity contribution >= 4 is 17.3 Å². The second kappa shape index (κ2) is 4.98. The van der Waals surface area contributed by atoms with Gasteiger partial charge in [-0.3, -0.25) is 9.69 Å². The Kier molecular flexibility index (Phi) is 3.57. The van der Waals surface area contributed by atoms with Crippen molar-refractivity contribution in [3.05, 3.63) is 24.3 Å². The number of carbonyl (C=O) groups is 1. The summed E-state index contributed by atoms with van der Waals surface area (Å²) in [6.45, 7) is 6.92. The van der Waals surface area contributed by atoms with Gasteiger partial charge in [-0.25, -0.2) is 0 Å². The normalized spacial score (nSPS) is 18.8. The molecule has 0 bridgehead atoms. The van der Waals surface area contributed by atoms with Crippen molar-refractivity contribution in [3.63, 3.8) is 0 Å². The minimum absolute atomic E-state index is 0.0262. The summed E-state index contributed by atoms with van der Waals surface area (Å²) in [6, 6.07) is 7.26. The third-order valence-corrected chi connectivity index (χ3v) is 3.29. The van der Waals surface area contributed by atoms with Gasteiger partial charge in [-0.05, 0) is 36.6 Å². The number of carbonyl (C=O) groups excluding carboxylic acids is 1. The molecule has 1 aliphatic rings. The number of benzene rings is 1. The van der Waals surface area contributed by atoms with Crippen molar-refractivity contribution in [3.8, 4) is 0 Å². The predicted octanol–water partition coefficient (Wildman–Crippen LogP) is 1.94. The Bertz CT molecular complexity index is 442. The maximum atomic E-state index is 11.9. The van der Waals surface area contributed by atoms with Crippen molar-refractivity contribution < 1.29 is 4.79 Å². The first kappa shape index (κ1) is 12.9. The number of nitrogen functional groups attached to an aromatic ring is 1. The fourth-order valence-corrected chi connectivity index (χ4v) is 2.38. The number of hydrogen-bond donors (Lipinski definition) is 2. The van der Waals surface area contributed by atoms with E-state index >= 15 is 0 Å². The molecule has 1 saturated heterocycles. The molecule has 2 rings (SSSR count). The van der Waals surface area contributed by atoms with Gasteiger partial charge >= 0.3 is 0 Å². The van der Waals surface area contributed by atoms with Gasteiger partial charge in [-0.1, -0.05) is 19.9 Å². The van der Waals surface area contributed by atoms with Gasteiger partial charge in [0.1, 0.15) is 0 Å². The number of nitrogens with one attached hydrogen (secondary N) is 1. The van der Waals surface area contributed by atoms with E-state index in [1.807, 2.05) is 12.1 Å². The minimum atomic E-state index is 0.0262. The van der Waals surface area contributed by atoms with Crippen molar-refractivity contribution in [1.29, 1.82) is 0 Å². The van der Waals surface area contributed by atoms with Crippen LogP contribution < -0.4 is 11.1 Å². The molecule has 98 valence electrons. The molecule has 1 aliphatic heterocycles. The van der Waals surface area contributed by atoms with Crippen molar-refractivity contribution in [2.24, 2.45) is 5.41 Å². The molecule has 4 heteroatoms. The Hall–Kier alpha value is -1.55. The quantitative estimate of drug-likeness (QED) is 0.802. The van der Waals surface area contributed by atoms with Crippen LogP contribution in [0.4, 0.5) is 11.4 Å². The summed E-state index contributed by atoms with van der Waals surface area (Å²) >= 11 is 0. The van der Waals surface area contributed by atoms with Crippen LogP contribution in [0.3, 0.4) is 0 Å². The van der Waals surface area contributed by atoms with Gasteiger partial charge in [-0.15, -0.1) is 0 Å². The predicted molar refractivity (Wildman–Crippen MR) is 74.3 cm³/mol. The highest BCUT2D eigenvalue weighted by atomic mass is 16.2. The highest BCUT2D eigenvalue weighted by Gasteiger charge is 2.29. The average Bonchev–Trinajstić information content (AvgIpc) is 2.57. The second-order valence-electron chi connectivity index (χ2n) is 5.80. The molecule has 0 atom stereocenters. The fourth-order valence-electron chi connectivity index (χ4n) is 2.38. The average molecular weight is 247 g/mol. The van der Waals surface area contributed by atoms with Gasteiger partial charge in [0, 0.05) is 17.9 Å². The number of rotatable bonds is 3. The number of nitrogens with zero attached hydrogens (tertiary/aromatic N) is 1. The molecule has 1 heterocycles. The second-order valence-corrected chi connectivity index (χ2v) is 5.80. The molecule has 0 unspecified atom stereocenters. The first-order valence-electron chi connectivity index (χ1n) is 6.32. The van der Waals surface area contributed by atoms with E-state index < -0.39 is 0 Å². The molecule has 0 spiro atoms. The van der Waals surface area contributed by atoms with Crippen molar-refractivity contribution in [2.45, 2.75) is 20.3 Å². The Morgan fingerprint density at radius 2 is 2.28 bits per heavy atom. The van der Waals surface area contributed by atoms with Crippen LogP contribution in [0.25, 0.3) is 0 Å². The van der Waals surface area contributed by atoms with Gasteiger partial charge in [-0.2, -0.15) is 0 Å². The van der Waals surface area contributed by atoms with Crippen LogP contribution in [0.5, 0.6) is 0 Å². The molecular weight excluding hydrogens is 226 g/mol. The van der Waals surface area contributed by atoms with Crippen LogP contribution >= 0.6 is 0 Å². The number of amides is 1. The number of hydrogen-bond acceptors (Lipinski definition) is 3. The zero-order valence-electron chi connectivity index (χ0n) is 11.1. The summed E-state index contributed by atoms with van der Waals surface area (Å²) < 4.78 is 0. The molecule has 1 aromatic rings. The Morgan fingerprint density at radius 1 is 1.50 bits per heavy atom. The molecule has 1 fully saturated rings. The molecule has 1 aromatic carbocycles. The van der Waals surface area contributed by atoms with Crippen LogP contribution in [0.15, 0.2) is 24.3 Å². The van der Waals surface area contributed by atoms with Crippen molar-refractivity contribution in [1.82, 2.24) is 4.90 Å². The number of nitrogens with two attached hydrogens (primary N) is 1. The maximum Gasteiger partial charge on any atom is 0.238 e. The van der Waals surface area contributed by atoms with Gasteiger partial charge in [0.15, 0.2) is 0 Å². The summed E-state index contributed by atoms with van der Waals surface area (Å²) in [5.41, 5.74) is 7.43. The number of likely N-dealkylation sites (tertiary alicyclic amines) is 1. The zero-order valence-corrected chi connectivity index (χ0v) is 11.1. The summed E-state index contributed by atoms with van der Waals surface area (Å²) in [5.74, 6) is 0.0262. The van der Waals surface area contributed by atoms with Crippen LogP contribution in [-0.4, -0.2) is 30.4 Å². The van der Waals surface area contributed by atoms with E-state index in [2.05, 4.69) is 24.1 Å². The lowest BCUT2D eigenvalue weighted by Crippen LogP contribution is -2.32. The SMILES string of the molecule is CC1(C)CCN(CC(=O)Nc2cccc(N)c2)C1. The van der Waals surface area contributed by atoms with Crippen LogP contribution in [0, 0.1) is 5.41 Å². The first-order valence-corrected chi connectivity index (χ1v) is 6.32. The van der Waals surface area contributed by atoms with Crippen LogP contribution in [0.1, 0.15) is 20.3 Å². The third-order valence-electron chi connectivity index (χ3n) is 3.29. The minimum Gasteiger partial charge on any atom is -0.399 e. The lowest BCUT2D eigenvalue weighted by atomic mass is 9.93. The monoisotopic (exact) mass is 247 g/mol. The van der Waals surface area contributed by atoms with Crippen LogP contribution in [0.2, 0.25) is 0 Å². The molecule has 0 aromatic heterocycles. The Morgan fingerprint density at radius 3 is 2.89 bits per heavy atom. The fraction of sp³-hybridized carbons (Fsp3) is 0.500. The standard InChI is InChI=1S/C14H21N3O/c1-14(2)6-7-17(10-14)9-13(18)16-12-5-3-4-11(15)8-12/h3-5,8H,6-7,9-10,15H2,1-2H3,(H,16,18). The molecule has 0 saturated carbocycles. The maximum absolute atomic E-state index is 11.9. The van der Waals surface area contributed by atoms with Crippen molar-refractivity contribution in [2.75, 3.05) is 30.7 Å². The molecule has 4 nitrogen and oxygen atoms in total. The summed E-state index contributed by atoms with van der Waals surface area (Å²) in [4.78, 5) is 14.1. The lowest BCUT2D eigenvalue weighted by molar-refractivity contribution is -0.117. The molecular formula is C14H21N3O. The molecule has 0 aliphatic carbocycles. The summed E-state index contributed by atoms with van der Waals surface area (Å²) in [6.07, 6.45) is 1.15. The van der Waals surface area contributed by atoms with E-state index in [9.17, 15) is 4.79 Å². The van der Waals surface area contributed by atoms with Crippen LogP contribution in [-0.2, 0) is 4.79 Å². The van der Waals surface area contributed by atoms with Gasteiger partial charge < -0.3 is 11.1 Å². The Balaban J connectivity index is 1.86. The summed E-state index contributed by atoms with van der Waals surface area (Å²) in [7, 11) is 0. The summed E-state index contributed by atoms with van der Waals surface area (Å²) in [5, 5.41) is 2.88. The highest BCUT2D eigenvalue weighted by Crippen LogP contribution is 2.28. The van der Waals surface area contributed by atoms with E-state index in [1.54, 1.807) is 12.1 Å². The first-order chi connectivity index (χ1) is 8.44. The van der Waals surface area contributed by atoms with E-state index in [4.69, 9.17) is 5.73 Å². The topological polar surface area (TPSA) is 58.4 Å². The van der Waals surface area contributed by atoms with Gasteiger partial charge in [0.05, 0.1) is 6.54 Å². The van der Waals surface area contributed by atoms with E-state index in [1.165, 1.54) is 0 Å². The number of anilines is 2. The zero-order chi connectivity index (χ0) is 13.2. The van der Waals surface area contributed by atoms with Gasteiger partial charge in [0.25, 0.3) is 0 Å². The van der Waals surface area contributed by atoms with E-state index in [-0.39, 0.29) is 5.91 Å². The van der Waals surface area contributed by atoms with E-state index in [0.29, 0.717) is 17.6 Å². The smallest absolute Gasteiger partial charge is 0.238 e. The molecule has 18 heavy (non-hydrogen) atoms. The molecule has 1 amide bonds. The third kappa shape index (κ3) is 3.47. The van der Waals surface area contributed by atoms with E-state index in [0.717, 1.165) is 25.2 Å². The highest BCUT2D eigenvalue weighted by molar-refractivity contribution is 5.92. The van der Waals surface area contributed by atoms with Gasteiger partial charge in [0.2, 0.25) is 5.91 Å². The molecule has 3 N–H and O–H groups in total. The largest absolute Gasteiger partial charge is 0.399 e. The molecule has 0 radical (unpaired) electrons.